The van der Waals surface area contributed by atoms with E-state index in [9.17, 15) is 19.2 Å². The average molecular weight is 468 g/mol. The van der Waals surface area contributed by atoms with Gasteiger partial charge < -0.3 is 31.7 Å². The molecule has 13 heteroatoms. The third kappa shape index (κ3) is 7.89. The van der Waals surface area contributed by atoms with Crippen molar-refractivity contribution in [1.82, 2.24) is 20.5 Å². The molecular weight excluding hydrogens is 438 g/mol. The van der Waals surface area contributed by atoms with Gasteiger partial charge in [-0.1, -0.05) is 0 Å². The van der Waals surface area contributed by atoms with Gasteiger partial charge in [0, 0.05) is 31.2 Å². The molecule has 2 amide bonds. The Morgan fingerprint density at radius 2 is 2.22 bits per heavy atom. The summed E-state index contributed by atoms with van der Waals surface area (Å²) in [5, 5.41) is 7.62. The summed E-state index contributed by atoms with van der Waals surface area (Å²) in [5.74, 6) is -1.70. The Kier molecular flexibility index (Phi) is 10.0. The number of thiazole rings is 1. The summed E-state index contributed by atoms with van der Waals surface area (Å²) >= 11 is 1.18. The third-order valence-corrected chi connectivity index (χ3v) is 5.42. The van der Waals surface area contributed by atoms with Crippen molar-refractivity contribution in [3.63, 3.8) is 0 Å². The topological polar surface area (TPSA) is 182 Å². The van der Waals surface area contributed by atoms with Crippen LogP contribution in [0.2, 0.25) is 0 Å². The first kappa shape index (κ1) is 25.2. The maximum absolute atomic E-state index is 12.8. The highest BCUT2D eigenvalue weighted by atomic mass is 32.1. The Balaban J connectivity index is 1.97. The number of carbonyl (C=O) groups is 4. The molecule has 1 aliphatic rings. The van der Waals surface area contributed by atoms with Gasteiger partial charge in [-0.25, -0.2) is 4.98 Å². The van der Waals surface area contributed by atoms with E-state index in [4.69, 9.17) is 16.2 Å². The minimum Gasteiger partial charge on any atom is -0.466 e. The highest BCUT2D eigenvalue weighted by molar-refractivity contribution is 7.11. The number of guanidine groups is 1. The maximum atomic E-state index is 12.8. The van der Waals surface area contributed by atoms with E-state index < -0.39 is 24.0 Å². The van der Waals surface area contributed by atoms with Gasteiger partial charge in [0.1, 0.15) is 0 Å². The molecule has 32 heavy (non-hydrogen) atoms. The molecule has 2 heterocycles. The second-order valence-corrected chi connectivity index (χ2v) is 7.94. The number of ether oxygens (including phenoxy) is 1. The van der Waals surface area contributed by atoms with Crippen LogP contribution in [0.3, 0.4) is 0 Å². The first-order chi connectivity index (χ1) is 15.3. The van der Waals surface area contributed by atoms with Crippen LogP contribution in [0.4, 0.5) is 0 Å². The van der Waals surface area contributed by atoms with Crippen LogP contribution >= 0.6 is 11.3 Å². The summed E-state index contributed by atoms with van der Waals surface area (Å²) in [4.78, 5) is 59.0. The quantitative estimate of drug-likeness (QED) is 0.0946. The lowest BCUT2D eigenvalue weighted by atomic mass is 10.1. The number of hydrogen-bond donors (Lipinski definition) is 4. The van der Waals surface area contributed by atoms with Crippen LogP contribution in [-0.2, 0) is 19.1 Å². The molecule has 2 atom stereocenters. The van der Waals surface area contributed by atoms with Crippen molar-refractivity contribution in [1.29, 1.82) is 0 Å². The summed E-state index contributed by atoms with van der Waals surface area (Å²) in [5.41, 5.74) is 10.6. The fourth-order valence-corrected chi connectivity index (χ4v) is 3.81. The molecule has 0 radical (unpaired) electrons. The molecule has 176 valence electrons. The molecule has 0 aromatic carbocycles. The molecule has 1 unspecified atom stereocenters. The van der Waals surface area contributed by atoms with Crippen LogP contribution in [0.25, 0.3) is 0 Å². The number of aromatic nitrogens is 1. The second kappa shape index (κ2) is 12.7. The minimum absolute atomic E-state index is 0.0496. The fraction of sp³-hybridized carbons (Fsp3) is 0.579. The third-order valence-electron chi connectivity index (χ3n) is 4.63. The molecule has 0 aliphatic carbocycles. The van der Waals surface area contributed by atoms with E-state index in [0.717, 1.165) is 0 Å². The van der Waals surface area contributed by atoms with Gasteiger partial charge in [-0.05, 0) is 19.8 Å². The summed E-state index contributed by atoms with van der Waals surface area (Å²) in [7, 11) is 0. The van der Waals surface area contributed by atoms with Crippen molar-refractivity contribution >= 4 is 40.9 Å². The molecule has 12 nitrogen and oxygen atoms in total. The van der Waals surface area contributed by atoms with E-state index in [2.05, 4.69) is 20.6 Å². The lowest BCUT2D eigenvalue weighted by molar-refractivity contribution is -0.148. The van der Waals surface area contributed by atoms with Gasteiger partial charge in [0.05, 0.1) is 31.7 Å². The number of aliphatic imine (C=N–C) groups is 1. The fourth-order valence-electron chi connectivity index (χ4n) is 3.17. The van der Waals surface area contributed by atoms with E-state index >= 15 is 0 Å². The number of nitrogens with zero attached hydrogens (tertiary/aromatic N) is 3. The van der Waals surface area contributed by atoms with Crippen molar-refractivity contribution in [3.05, 3.63) is 16.6 Å². The maximum Gasteiger partial charge on any atom is 0.307 e. The molecule has 2 rings (SSSR count). The first-order valence-electron chi connectivity index (χ1n) is 10.3. The van der Waals surface area contributed by atoms with Gasteiger partial charge in [-0.3, -0.25) is 24.2 Å². The molecule has 6 N–H and O–H groups in total. The molecule has 1 aromatic heterocycles. The standard InChI is InChI=1S/C19H29N7O5S/c1-2-31-15(28)10-13-18(30)26(8-6-22-13)11-14(27)25-12(4-3-5-24-19(20)21)16(29)17-23-7-9-32-17/h7,9,12-13,22H,2-6,8,10-11H2,1H3,(H,25,27)(H4,20,21,24)/t12-,13?/m0/s1. The lowest BCUT2D eigenvalue weighted by Crippen LogP contribution is -2.58. The van der Waals surface area contributed by atoms with E-state index in [-0.39, 0.29) is 42.2 Å². The molecule has 1 saturated heterocycles. The summed E-state index contributed by atoms with van der Waals surface area (Å²) in [6.07, 6.45) is 2.18. The number of amides is 2. The Morgan fingerprint density at radius 3 is 2.88 bits per heavy atom. The number of esters is 1. The highest BCUT2D eigenvalue weighted by Crippen LogP contribution is 2.12. The molecule has 1 fully saturated rings. The van der Waals surface area contributed by atoms with Crippen LogP contribution in [0.5, 0.6) is 0 Å². The summed E-state index contributed by atoms with van der Waals surface area (Å²) in [6, 6.07) is -1.57. The molecule has 0 bridgehead atoms. The normalized spacial score (nSPS) is 16.8. The number of nitrogens with two attached hydrogens (primary N) is 2. The summed E-state index contributed by atoms with van der Waals surface area (Å²) in [6.45, 7) is 2.74. The zero-order valence-corrected chi connectivity index (χ0v) is 18.7. The molecule has 1 aliphatic heterocycles. The Labute approximate surface area is 189 Å². The minimum atomic E-state index is -0.823. The van der Waals surface area contributed by atoms with Gasteiger partial charge in [-0.15, -0.1) is 11.3 Å². The first-order valence-corrected chi connectivity index (χ1v) is 11.2. The molecule has 0 saturated carbocycles. The van der Waals surface area contributed by atoms with Crippen LogP contribution in [0.1, 0.15) is 36.0 Å². The van der Waals surface area contributed by atoms with Gasteiger partial charge in [0.2, 0.25) is 17.6 Å². The number of Topliss-reactive ketones (excluding diaryl/α,β-unsaturated/α-hetero) is 1. The van der Waals surface area contributed by atoms with Crippen LogP contribution in [0, 0.1) is 0 Å². The van der Waals surface area contributed by atoms with E-state index in [1.54, 1.807) is 12.3 Å². The Bertz CT molecular complexity index is 826. The molecule has 0 spiro atoms. The van der Waals surface area contributed by atoms with Gasteiger partial charge in [0.25, 0.3) is 0 Å². The van der Waals surface area contributed by atoms with Crippen molar-refractivity contribution in [2.24, 2.45) is 16.5 Å². The molecule has 1 aromatic rings. The van der Waals surface area contributed by atoms with Gasteiger partial charge >= 0.3 is 5.97 Å². The highest BCUT2D eigenvalue weighted by Gasteiger charge is 2.32. The molecular formula is C19H29N7O5S. The Morgan fingerprint density at radius 1 is 1.44 bits per heavy atom. The smallest absolute Gasteiger partial charge is 0.307 e. The summed E-state index contributed by atoms with van der Waals surface area (Å²) < 4.78 is 4.89. The van der Waals surface area contributed by atoms with E-state index in [0.29, 0.717) is 32.5 Å². The number of rotatable bonds is 12. The van der Waals surface area contributed by atoms with Crippen LogP contribution in [0.15, 0.2) is 16.6 Å². The zero-order chi connectivity index (χ0) is 23.5. The average Bonchev–Trinajstić information content (AvgIpc) is 3.27. The largest absolute Gasteiger partial charge is 0.466 e. The van der Waals surface area contributed by atoms with Crippen molar-refractivity contribution < 1.29 is 23.9 Å². The van der Waals surface area contributed by atoms with Crippen molar-refractivity contribution in [3.8, 4) is 0 Å². The number of nitrogens with one attached hydrogen (secondary N) is 2. The SMILES string of the molecule is CCOC(=O)CC1NCCN(CC(=O)N[C@@H](CCCN=C(N)N)C(=O)c2nccs2)C1=O. The Hall–Kier alpha value is -3.06. The monoisotopic (exact) mass is 467 g/mol. The van der Waals surface area contributed by atoms with E-state index in [1.807, 2.05) is 0 Å². The van der Waals surface area contributed by atoms with Crippen LogP contribution < -0.4 is 22.1 Å². The number of piperazine rings is 1. The second-order valence-electron chi connectivity index (χ2n) is 7.05. The number of ketones is 1. The predicted molar refractivity (Wildman–Crippen MR) is 118 cm³/mol. The van der Waals surface area contributed by atoms with E-state index in [1.165, 1.54) is 22.4 Å². The lowest BCUT2D eigenvalue weighted by Gasteiger charge is -2.32. The van der Waals surface area contributed by atoms with Gasteiger partial charge in [0.15, 0.2) is 11.0 Å². The van der Waals surface area contributed by atoms with Crippen LogP contribution in [-0.4, -0.2) is 84.3 Å². The predicted octanol–water partition coefficient (Wildman–Crippen LogP) is -1.38. The van der Waals surface area contributed by atoms with Gasteiger partial charge in [-0.2, -0.15) is 0 Å². The zero-order valence-electron chi connectivity index (χ0n) is 17.9. The number of carbonyl (C=O) groups excluding carboxylic acids is 4. The van der Waals surface area contributed by atoms with Crippen molar-refractivity contribution in [2.45, 2.75) is 38.3 Å². The number of hydrogen-bond acceptors (Lipinski definition) is 9. The van der Waals surface area contributed by atoms with Crippen molar-refractivity contribution in [2.75, 3.05) is 32.8 Å².